The number of benzene rings is 3. The summed E-state index contributed by atoms with van der Waals surface area (Å²) in [6, 6.07) is 18.3. The third kappa shape index (κ3) is 5.30. The van der Waals surface area contributed by atoms with Gasteiger partial charge in [-0.1, -0.05) is 41.7 Å². The van der Waals surface area contributed by atoms with E-state index >= 15 is 0 Å². The minimum Gasteiger partial charge on any atom is -0.497 e. The first-order valence-corrected chi connectivity index (χ1v) is 11.2. The highest BCUT2D eigenvalue weighted by atomic mass is 32.1. The number of nitrogens with one attached hydrogen (secondary N) is 3. The molecule has 4 rings (SSSR count). The molecule has 0 aliphatic heterocycles. The number of anilines is 2. The van der Waals surface area contributed by atoms with Gasteiger partial charge in [-0.3, -0.25) is 10.1 Å². The smallest absolute Gasteiger partial charge is 0.321 e. The highest BCUT2D eigenvalue weighted by molar-refractivity contribution is 7.22. The monoisotopic (exact) mass is 460 g/mol. The Morgan fingerprint density at radius 3 is 2.48 bits per heavy atom. The van der Waals surface area contributed by atoms with Crippen molar-refractivity contribution in [3.05, 3.63) is 82.9 Å². The first kappa shape index (κ1) is 22.3. The van der Waals surface area contributed by atoms with Crippen LogP contribution in [-0.4, -0.2) is 24.0 Å². The van der Waals surface area contributed by atoms with Crippen molar-refractivity contribution < 1.29 is 14.3 Å². The van der Waals surface area contributed by atoms with E-state index in [1.165, 1.54) is 11.3 Å². The molecule has 0 fully saturated rings. The number of rotatable bonds is 6. The Morgan fingerprint density at radius 2 is 1.73 bits per heavy atom. The lowest BCUT2D eigenvalue weighted by Crippen LogP contribution is -2.28. The van der Waals surface area contributed by atoms with Gasteiger partial charge >= 0.3 is 6.03 Å². The van der Waals surface area contributed by atoms with Crippen molar-refractivity contribution in [1.82, 2.24) is 10.3 Å². The lowest BCUT2D eigenvalue weighted by molar-refractivity contribution is 0.102. The molecule has 3 amide bonds. The summed E-state index contributed by atoms with van der Waals surface area (Å²) in [5, 5.41) is 9.02. The molecule has 0 saturated heterocycles. The summed E-state index contributed by atoms with van der Waals surface area (Å²) in [6.45, 7) is 4.29. The Morgan fingerprint density at radius 1 is 0.970 bits per heavy atom. The summed E-state index contributed by atoms with van der Waals surface area (Å²) in [5.41, 5.74) is 5.01. The van der Waals surface area contributed by atoms with Crippen LogP contribution < -0.4 is 20.7 Å². The first-order valence-electron chi connectivity index (χ1n) is 10.4. The van der Waals surface area contributed by atoms with E-state index in [1.54, 1.807) is 25.3 Å². The van der Waals surface area contributed by atoms with Crippen molar-refractivity contribution in [2.24, 2.45) is 0 Å². The van der Waals surface area contributed by atoms with Crippen LogP contribution >= 0.6 is 11.3 Å². The number of hydrogen-bond donors (Lipinski definition) is 3. The second kappa shape index (κ2) is 9.70. The van der Waals surface area contributed by atoms with Crippen LogP contribution in [0, 0.1) is 13.8 Å². The number of methoxy groups -OCH3 is 1. The number of fused-ring (bicyclic) bond motifs is 1. The number of thiazole rings is 1. The summed E-state index contributed by atoms with van der Waals surface area (Å²) < 4.78 is 6.01. The number of para-hydroxylation sites is 1. The summed E-state index contributed by atoms with van der Waals surface area (Å²) in [5.74, 6) is 0.548. The van der Waals surface area contributed by atoms with Crippen LogP contribution in [0.4, 0.5) is 15.6 Å². The third-order valence-corrected chi connectivity index (χ3v) is 6.11. The molecule has 0 aliphatic rings. The van der Waals surface area contributed by atoms with Crippen LogP contribution in [0.15, 0.2) is 60.7 Å². The van der Waals surface area contributed by atoms with Crippen molar-refractivity contribution >= 4 is 44.3 Å². The van der Waals surface area contributed by atoms with Crippen LogP contribution in [0.25, 0.3) is 10.2 Å². The van der Waals surface area contributed by atoms with E-state index in [2.05, 4.69) is 20.9 Å². The summed E-state index contributed by atoms with van der Waals surface area (Å²) >= 11 is 1.31. The maximum atomic E-state index is 12.8. The van der Waals surface area contributed by atoms with Crippen molar-refractivity contribution in [2.45, 2.75) is 20.4 Å². The molecule has 3 N–H and O–H groups in total. The van der Waals surface area contributed by atoms with Crippen molar-refractivity contribution in [3.63, 3.8) is 0 Å². The second-order valence-corrected chi connectivity index (χ2v) is 8.61. The Kier molecular flexibility index (Phi) is 6.55. The zero-order valence-electron chi connectivity index (χ0n) is 18.6. The van der Waals surface area contributed by atoms with Gasteiger partial charge in [-0.05, 0) is 60.9 Å². The van der Waals surface area contributed by atoms with Crippen LogP contribution in [-0.2, 0) is 6.54 Å². The Balaban J connectivity index is 1.42. The number of aryl methyl sites for hydroxylation is 2. The van der Waals surface area contributed by atoms with Crippen LogP contribution in [0.2, 0.25) is 0 Å². The molecule has 3 aromatic carbocycles. The van der Waals surface area contributed by atoms with Gasteiger partial charge in [0.2, 0.25) is 0 Å². The number of aromatic nitrogens is 1. The predicted octanol–water partition coefficient (Wildman–Crippen LogP) is 5.50. The summed E-state index contributed by atoms with van der Waals surface area (Å²) in [4.78, 5) is 29.5. The van der Waals surface area contributed by atoms with Gasteiger partial charge in [0.15, 0.2) is 5.13 Å². The molecule has 4 aromatic rings. The maximum absolute atomic E-state index is 12.8. The SMILES string of the molecule is COc1cccc(CNC(=O)Nc2nc3ccc(C(=O)Nc4c(C)cccc4C)cc3s2)c1. The fraction of sp³-hybridized carbons (Fsp3) is 0.160. The van der Waals surface area contributed by atoms with E-state index in [-0.39, 0.29) is 11.9 Å². The van der Waals surface area contributed by atoms with Gasteiger partial charge in [-0.25, -0.2) is 9.78 Å². The lowest BCUT2D eigenvalue weighted by Gasteiger charge is -2.11. The minimum atomic E-state index is -0.357. The molecule has 0 aliphatic carbocycles. The maximum Gasteiger partial charge on any atom is 0.321 e. The number of hydrogen-bond acceptors (Lipinski definition) is 5. The number of carbonyl (C=O) groups excluding carboxylic acids is 2. The molecular formula is C25H24N4O3S. The van der Waals surface area contributed by atoms with Crippen LogP contribution in [0.3, 0.4) is 0 Å². The predicted molar refractivity (Wildman–Crippen MR) is 132 cm³/mol. The molecule has 0 unspecified atom stereocenters. The van der Waals surface area contributed by atoms with E-state index in [1.807, 2.05) is 56.3 Å². The van der Waals surface area contributed by atoms with E-state index in [9.17, 15) is 9.59 Å². The van der Waals surface area contributed by atoms with E-state index < -0.39 is 0 Å². The molecule has 8 heteroatoms. The van der Waals surface area contributed by atoms with Gasteiger partial charge in [0, 0.05) is 17.8 Å². The zero-order valence-corrected chi connectivity index (χ0v) is 19.4. The van der Waals surface area contributed by atoms with Crippen molar-refractivity contribution in [3.8, 4) is 5.75 Å². The lowest BCUT2D eigenvalue weighted by atomic mass is 10.1. The minimum absolute atomic E-state index is 0.187. The molecule has 1 aromatic heterocycles. The fourth-order valence-corrected chi connectivity index (χ4v) is 4.32. The quantitative estimate of drug-likeness (QED) is 0.354. The van der Waals surface area contributed by atoms with Gasteiger partial charge < -0.3 is 15.4 Å². The van der Waals surface area contributed by atoms with Gasteiger partial charge in [0.1, 0.15) is 5.75 Å². The van der Waals surface area contributed by atoms with Crippen molar-refractivity contribution in [1.29, 1.82) is 0 Å². The van der Waals surface area contributed by atoms with E-state index in [4.69, 9.17) is 4.74 Å². The highest BCUT2D eigenvalue weighted by Gasteiger charge is 2.13. The molecule has 33 heavy (non-hydrogen) atoms. The molecule has 0 saturated carbocycles. The molecule has 0 spiro atoms. The Labute approximate surface area is 195 Å². The van der Waals surface area contributed by atoms with Crippen LogP contribution in [0.5, 0.6) is 5.75 Å². The standard InChI is InChI=1S/C25H24N4O3S/c1-15-6-4-7-16(2)22(15)28-23(30)18-10-11-20-21(13-18)33-25(27-20)29-24(31)26-14-17-8-5-9-19(12-17)32-3/h4-13H,14H2,1-3H3,(H,28,30)(H2,26,27,29,31). The summed E-state index contributed by atoms with van der Waals surface area (Å²) in [6.07, 6.45) is 0. The fourth-order valence-electron chi connectivity index (χ4n) is 3.42. The molecule has 7 nitrogen and oxygen atoms in total. The molecular weight excluding hydrogens is 436 g/mol. The van der Waals surface area contributed by atoms with Gasteiger partial charge in [0.05, 0.1) is 17.3 Å². The topological polar surface area (TPSA) is 92.3 Å². The molecule has 0 atom stereocenters. The molecule has 0 radical (unpaired) electrons. The Bertz CT molecular complexity index is 1310. The molecule has 0 bridgehead atoms. The van der Waals surface area contributed by atoms with Crippen molar-refractivity contribution in [2.75, 3.05) is 17.7 Å². The average Bonchev–Trinajstić information content (AvgIpc) is 3.21. The van der Waals surface area contributed by atoms with Crippen LogP contribution in [0.1, 0.15) is 27.0 Å². The Hall–Kier alpha value is -3.91. The number of carbonyl (C=O) groups is 2. The highest BCUT2D eigenvalue weighted by Crippen LogP contribution is 2.28. The van der Waals surface area contributed by atoms with E-state index in [0.717, 1.165) is 32.8 Å². The normalized spacial score (nSPS) is 10.6. The molecule has 1 heterocycles. The zero-order chi connectivity index (χ0) is 23.4. The molecule has 168 valence electrons. The summed E-state index contributed by atoms with van der Waals surface area (Å²) in [7, 11) is 1.60. The van der Waals surface area contributed by atoms with Gasteiger partial charge in [-0.15, -0.1) is 0 Å². The first-order chi connectivity index (χ1) is 15.9. The number of urea groups is 1. The van der Waals surface area contributed by atoms with Gasteiger partial charge in [0.25, 0.3) is 5.91 Å². The average molecular weight is 461 g/mol. The number of amides is 3. The number of ether oxygens (including phenoxy) is 1. The third-order valence-electron chi connectivity index (χ3n) is 5.18. The number of nitrogens with zero attached hydrogens (tertiary/aromatic N) is 1. The van der Waals surface area contributed by atoms with Gasteiger partial charge in [-0.2, -0.15) is 0 Å². The largest absolute Gasteiger partial charge is 0.497 e. The second-order valence-electron chi connectivity index (χ2n) is 7.58. The van der Waals surface area contributed by atoms with E-state index in [0.29, 0.717) is 22.8 Å².